The number of carbonyl (C=O) groups excluding carboxylic acids is 2. The normalized spacial score (nSPS) is 17.6. The van der Waals surface area contributed by atoms with Crippen LogP contribution in [0.25, 0.3) is 0 Å². The lowest BCUT2D eigenvalue weighted by atomic mass is 9.87. The second-order valence-corrected chi connectivity index (χ2v) is 9.34. The largest absolute Gasteiger partial charge is 0.352 e. The van der Waals surface area contributed by atoms with E-state index in [9.17, 15) is 9.59 Å². The number of halogens is 1. The number of hydrogen-bond donors (Lipinski definition) is 2. The molecule has 162 valence electrons. The van der Waals surface area contributed by atoms with Crippen LogP contribution in [0, 0.1) is 5.92 Å². The molecule has 2 amide bonds. The van der Waals surface area contributed by atoms with Crippen LogP contribution in [-0.2, 0) is 10.2 Å². The Morgan fingerprint density at radius 3 is 2.21 bits per heavy atom. The van der Waals surface area contributed by atoms with E-state index in [0.29, 0.717) is 24.6 Å². The van der Waals surface area contributed by atoms with Crippen molar-refractivity contribution in [3.8, 4) is 0 Å². The predicted octanol–water partition coefficient (Wildman–Crippen LogP) is 3.52. The maximum Gasteiger partial charge on any atom is 0.251 e. The minimum Gasteiger partial charge on any atom is -0.352 e. The van der Waals surface area contributed by atoms with Crippen molar-refractivity contribution in [1.82, 2.24) is 15.5 Å². The number of likely N-dealkylation sites (tertiary alicyclic amines) is 1. The van der Waals surface area contributed by atoms with Crippen molar-refractivity contribution in [3.63, 3.8) is 0 Å². The van der Waals surface area contributed by atoms with Crippen molar-refractivity contribution in [2.45, 2.75) is 64.3 Å². The second-order valence-electron chi connectivity index (χ2n) is 9.34. The molecule has 1 aromatic carbocycles. The summed E-state index contributed by atoms with van der Waals surface area (Å²) in [5.41, 5.74) is 1.92. The first kappa shape index (κ1) is 23.7. The summed E-state index contributed by atoms with van der Waals surface area (Å²) >= 11 is 0. The van der Waals surface area contributed by atoms with Gasteiger partial charge >= 0.3 is 0 Å². The molecular weight excluding hydrogens is 386 g/mol. The standard InChI is InChI=1S/C23H35N3O2.ClH/c1-23(2,3)19-8-6-18(7-9-19)22(28)24-13-10-21(27)26-14-11-20(12-15-26)25-16-17-4-5-17;/h6-9,17,20,25H,4-5,10-16H2,1-3H3,(H,24,28);1H. The average Bonchev–Trinajstić information content (AvgIpc) is 3.50. The van der Waals surface area contributed by atoms with Crippen molar-refractivity contribution in [2.75, 3.05) is 26.2 Å². The Labute approximate surface area is 181 Å². The smallest absolute Gasteiger partial charge is 0.251 e. The van der Waals surface area contributed by atoms with Crippen LogP contribution in [-0.4, -0.2) is 48.9 Å². The van der Waals surface area contributed by atoms with Crippen molar-refractivity contribution < 1.29 is 9.59 Å². The van der Waals surface area contributed by atoms with Crippen LogP contribution in [0.15, 0.2) is 24.3 Å². The van der Waals surface area contributed by atoms with Gasteiger partial charge in [-0.15, -0.1) is 12.4 Å². The third-order valence-corrected chi connectivity index (χ3v) is 5.88. The number of nitrogens with one attached hydrogen (secondary N) is 2. The zero-order chi connectivity index (χ0) is 20.1. The topological polar surface area (TPSA) is 61.4 Å². The van der Waals surface area contributed by atoms with Crippen molar-refractivity contribution in [1.29, 1.82) is 0 Å². The molecule has 0 unspecified atom stereocenters. The van der Waals surface area contributed by atoms with Crippen LogP contribution in [0.3, 0.4) is 0 Å². The SMILES string of the molecule is CC(C)(C)c1ccc(C(=O)NCCC(=O)N2CCC(NCC3CC3)CC2)cc1.Cl. The molecule has 0 atom stereocenters. The summed E-state index contributed by atoms with van der Waals surface area (Å²) in [6.07, 6.45) is 5.18. The van der Waals surface area contributed by atoms with Crippen molar-refractivity contribution in [3.05, 3.63) is 35.4 Å². The number of hydrogen-bond acceptors (Lipinski definition) is 3. The first-order valence-electron chi connectivity index (χ1n) is 10.7. The van der Waals surface area contributed by atoms with E-state index in [2.05, 4.69) is 31.4 Å². The highest BCUT2D eigenvalue weighted by molar-refractivity contribution is 5.94. The summed E-state index contributed by atoms with van der Waals surface area (Å²) in [5, 5.41) is 6.51. The van der Waals surface area contributed by atoms with Gasteiger partial charge in [-0.25, -0.2) is 0 Å². The molecule has 2 fully saturated rings. The number of carbonyl (C=O) groups is 2. The molecule has 1 heterocycles. The molecule has 1 aliphatic carbocycles. The number of piperidine rings is 1. The van der Waals surface area contributed by atoms with Gasteiger partial charge in [0.1, 0.15) is 0 Å². The Balaban J connectivity index is 0.00000300. The fourth-order valence-electron chi connectivity index (χ4n) is 3.65. The Bertz CT molecular complexity index is 672. The first-order chi connectivity index (χ1) is 13.3. The highest BCUT2D eigenvalue weighted by Crippen LogP contribution is 2.28. The molecule has 0 spiro atoms. The fourth-order valence-corrected chi connectivity index (χ4v) is 3.65. The summed E-state index contributed by atoms with van der Waals surface area (Å²) in [4.78, 5) is 26.6. The monoisotopic (exact) mass is 421 g/mol. The number of benzene rings is 1. The summed E-state index contributed by atoms with van der Waals surface area (Å²) in [7, 11) is 0. The third kappa shape index (κ3) is 7.31. The molecule has 0 aromatic heterocycles. The molecular formula is C23H36ClN3O2. The maximum atomic E-state index is 12.4. The van der Waals surface area contributed by atoms with Gasteiger partial charge in [0.25, 0.3) is 5.91 Å². The molecule has 2 aliphatic rings. The van der Waals surface area contributed by atoms with Crippen molar-refractivity contribution in [2.24, 2.45) is 5.92 Å². The third-order valence-electron chi connectivity index (χ3n) is 5.88. The number of amides is 2. The molecule has 0 radical (unpaired) electrons. The van der Waals surface area contributed by atoms with Crippen LogP contribution in [0.2, 0.25) is 0 Å². The summed E-state index contributed by atoms with van der Waals surface area (Å²) in [6, 6.07) is 8.28. The van der Waals surface area contributed by atoms with Crippen LogP contribution >= 0.6 is 12.4 Å². The molecule has 6 heteroatoms. The van der Waals surface area contributed by atoms with Gasteiger partial charge in [-0.05, 0) is 61.3 Å². The average molecular weight is 422 g/mol. The highest BCUT2D eigenvalue weighted by atomic mass is 35.5. The first-order valence-corrected chi connectivity index (χ1v) is 10.7. The summed E-state index contributed by atoms with van der Waals surface area (Å²) < 4.78 is 0. The lowest BCUT2D eigenvalue weighted by Gasteiger charge is -2.32. The Hall–Kier alpha value is -1.59. The van der Waals surface area contributed by atoms with Gasteiger partial charge in [0.05, 0.1) is 0 Å². The van der Waals surface area contributed by atoms with E-state index in [1.807, 2.05) is 29.2 Å². The summed E-state index contributed by atoms with van der Waals surface area (Å²) in [5.74, 6) is 0.924. The lowest BCUT2D eigenvalue weighted by Crippen LogP contribution is -2.46. The van der Waals surface area contributed by atoms with Gasteiger partial charge < -0.3 is 15.5 Å². The highest BCUT2D eigenvalue weighted by Gasteiger charge is 2.25. The van der Waals surface area contributed by atoms with Crippen molar-refractivity contribution >= 4 is 24.2 Å². The zero-order valence-corrected chi connectivity index (χ0v) is 18.8. The number of rotatable bonds is 7. The predicted molar refractivity (Wildman–Crippen MR) is 120 cm³/mol. The van der Waals surface area contributed by atoms with E-state index < -0.39 is 0 Å². The van der Waals surface area contributed by atoms with E-state index in [1.54, 1.807) is 0 Å². The van der Waals surface area contributed by atoms with E-state index in [1.165, 1.54) is 18.4 Å². The Kier molecular flexibility index (Phi) is 8.53. The van der Waals surface area contributed by atoms with E-state index in [-0.39, 0.29) is 29.6 Å². The molecule has 1 saturated carbocycles. The second kappa shape index (κ2) is 10.4. The minimum absolute atomic E-state index is 0. The molecule has 2 N–H and O–H groups in total. The van der Waals surface area contributed by atoms with E-state index >= 15 is 0 Å². The maximum absolute atomic E-state index is 12.4. The van der Waals surface area contributed by atoms with Crippen LogP contribution in [0.1, 0.15) is 68.8 Å². The fraction of sp³-hybridized carbons (Fsp3) is 0.652. The number of nitrogens with zero attached hydrogens (tertiary/aromatic N) is 1. The summed E-state index contributed by atoms with van der Waals surface area (Å²) in [6.45, 7) is 9.63. The van der Waals surface area contributed by atoms with E-state index in [4.69, 9.17) is 0 Å². The Morgan fingerprint density at radius 1 is 1.03 bits per heavy atom. The Morgan fingerprint density at radius 2 is 1.66 bits per heavy atom. The van der Waals surface area contributed by atoms with Gasteiger partial charge in [0.15, 0.2) is 0 Å². The molecule has 0 bridgehead atoms. The molecule has 5 nitrogen and oxygen atoms in total. The van der Waals surface area contributed by atoms with Gasteiger partial charge in [-0.2, -0.15) is 0 Å². The van der Waals surface area contributed by atoms with Crippen LogP contribution < -0.4 is 10.6 Å². The zero-order valence-electron chi connectivity index (χ0n) is 18.0. The van der Waals surface area contributed by atoms with Gasteiger partial charge in [-0.1, -0.05) is 32.9 Å². The van der Waals surface area contributed by atoms with Gasteiger partial charge in [0.2, 0.25) is 5.91 Å². The molecule has 3 rings (SSSR count). The van der Waals surface area contributed by atoms with Gasteiger partial charge in [-0.3, -0.25) is 9.59 Å². The minimum atomic E-state index is -0.115. The molecule has 1 saturated heterocycles. The molecule has 1 aromatic rings. The van der Waals surface area contributed by atoms with Crippen LogP contribution in [0.4, 0.5) is 0 Å². The quantitative estimate of drug-likeness (QED) is 0.708. The lowest BCUT2D eigenvalue weighted by molar-refractivity contribution is -0.132. The van der Waals surface area contributed by atoms with Gasteiger partial charge in [0, 0.05) is 37.7 Å². The molecule has 1 aliphatic heterocycles. The van der Waals surface area contributed by atoms with E-state index in [0.717, 1.165) is 38.4 Å². The molecule has 29 heavy (non-hydrogen) atoms. The van der Waals surface area contributed by atoms with Crippen LogP contribution in [0.5, 0.6) is 0 Å².